The van der Waals surface area contributed by atoms with Crippen LogP contribution in [0.5, 0.6) is 0 Å². The van der Waals surface area contributed by atoms with E-state index in [1.807, 2.05) is 19.3 Å². The molecule has 1 saturated carbocycles. The van der Waals surface area contributed by atoms with Crippen molar-refractivity contribution in [3.05, 3.63) is 23.8 Å². The van der Waals surface area contributed by atoms with Gasteiger partial charge < -0.3 is 0 Å². The zero-order chi connectivity index (χ0) is 9.26. The van der Waals surface area contributed by atoms with Crippen molar-refractivity contribution in [3.8, 4) is 0 Å². The molecule has 3 heteroatoms. The standard InChI is InChI=1S/C10H13BrN2/c1-7-5-12-10(13-6-7)4-9(11)8-2-3-8/h5-6,8-9H,2-4H2,1H3. The van der Waals surface area contributed by atoms with E-state index in [0.29, 0.717) is 4.83 Å². The molecule has 0 N–H and O–H groups in total. The number of nitrogens with zero attached hydrogens (tertiary/aromatic N) is 2. The van der Waals surface area contributed by atoms with Crippen molar-refractivity contribution in [2.75, 3.05) is 0 Å². The second kappa shape index (κ2) is 3.74. The minimum Gasteiger partial charge on any atom is -0.241 e. The average Bonchev–Trinajstić information content (AvgIpc) is 2.91. The summed E-state index contributed by atoms with van der Waals surface area (Å²) >= 11 is 3.68. The smallest absolute Gasteiger partial charge is 0.129 e. The second-order valence-electron chi connectivity index (χ2n) is 3.73. The number of alkyl halides is 1. The van der Waals surface area contributed by atoms with Crippen molar-refractivity contribution in [2.45, 2.75) is 31.0 Å². The SMILES string of the molecule is Cc1cnc(CC(Br)C2CC2)nc1. The molecule has 1 aliphatic carbocycles. The summed E-state index contributed by atoms with van der Waals surface area (Å²) in [7, 11) is 0. The first kappa shape index (κ1) is 9.13. The van der Waals surface area contributed by atoms with E-state index in [1.165, 1.54) is 12.8 Å². The number of hydrogen-bond donors (Lipinski definition) is 0. The quantitative estimate of drug-likeness (QED) is 0.760. The van der Waals surface area contributed by atoms with Gasteiger partial charge in [0.2, 0.25) is 0 Å². The van der Waals surface area contributed by atoms with E-state index in [9.17, 15) is 0 Å². The van der Waals surface area contributed by atoms with Crippen LogP contribution >= 0.6 is 15.9 Å². The van der Waals surface area contributed by atoms with Gasteiger partial charge in [0.05, 0.1) is 0 Å². The molecule has 0 spiro atoms. The fourth-order valence-corrected chi connectivity index (χ4v) is 2.14. The van der Waals surface area contributed by atoms with Crippen LogP contribution in [-0.2, 0) is 6.42 Å². The van der Waals surface area contributed by atoms with Crippen LogP contribution in [0.15, 0.2) is 12.4 Å². The van der Waals surface area contributed by atoms with Crippen molar-refractivity contribution < 1.29 is 0 Å². The Morgan fingerprint density at radius 2 is 2.08 bits per heavy atom. The van der Waals surface area contributed by atoms with Crippen LogP contribution < -0.4 is 0 Å². The van der Waals surface area contributed by atoms with Crippen LogP contribution in [0.1, 0.15) is 24.2 Å². The van der Waals surface area contributed by atoms with Gasteiger partial charge in [-0.15, -0.1) is 0 Å². The van der Waals surface area contributed by atoms with Gasteiger partial charge in [-0.3, -0.25) is 0 Å². The number of halogens is 1. The molecular weight excluding hydrogens is 228 g/mol. The van der Waals surface area contributed by atoms with E-state index in [1.54, 1.807) is 0 Å². The van der Waals surface area contributed by atoms with Gasteiger partial charge in [-0.05, 0) is 31.2 Å². The van der Waals surface area contributed by atoms with Crippen LogP contribution in [-0.4, -0.2) is 14.8 Å². The number of rotatable bonds is 3. The van der Waals surface area contributed by atoms with Crippen molar-refractivity contribution in [2.24, 2.45) is 5.92 Å². The molecule has 1 heterocycles. The highest BCUT2D eigenvalue weighted by Crippen LogP contribution is 2.37. The lowest BCUT2D eigenvalue weighted by molar-refractivity contribution is 0.726. The number of hydrogen-bond acceptors (Lipinski definition) is 2. The molecule has 0 saturated heterocycles. The first-order chi connectivity index (χ1) is 6.25. The molecule has 2 nitrogen and oxygen atoms in total. The van der Waals surface area contributed by atoms with Crippen LogP contribution in [0.2, 0.25) is 0 Å². The van der Waals surface area contributed by atoms with Gasteiger partial charge in [-0.25, -0.2) is 9.97 Å². The van der Waals surface area contributed by atoms with Crippen LogP contribution in [0, 0.1) is 12.8 Å². The molecule has 0 radical (unpaired) electrons. The summed E-state index contributed by atoms with van der Waals surface area (Å²) in [5.74, 6) is 1.82. The van der Waals surface area contributed by atoms with E-state index in [4.69, 9.17) is 0 Å². The minimum atomic E-state index is 0.579. The Hall–Kier alpha value is -0.440. The largest absolute Gasteiger partial charge is 0.241 e. The number of aryl methyl sites for hydroxylation is 1. The van der Waals surface area contributed by atoms with Gasteiger partial charge in [-0.2, -0.15) is 0 Å². The van der Waals surface area contributed by atoms with E-state index >= 15 is 0 Å². The first-order valence-electron chi connectivity index (χ1n) is 4.67. The zero-order valence-corrected chi connectivity index (χ0v) is 9.29. The molecule has 0 aromatic carbocycles. The molecule has 1 aromatic heterocycles. The lowest BCUT2D eigenvalue weighted by Gasteiger charge is -2.05. The van der Waals surface area contributed by atoms with Crippen molar-refractivity contribution in [1.82, 2.24) is 9.97 Å². The third-order valence-corrected chi connectivity index (χ3v) is 3.42. The maximum atomic E-state index is 4.29. The fourth-order valence-electron chi connectivity index (χ4n) is 1.32. The van der Waals surface area contributed by atoms with E-state index < -0.39 is 0 Å². The molecule has 1 aromatic rings. The summed E-state index contributed by atoms with van der Waals surface area (Å²) in [6.45, 7) is 2.01. The van der Waals surface area contributed by atoms with Crippen LogP contribution in [0.25, 0.3) is 0 Å². The number of aromatic nitrogens is 2. The van der Waals surface area contributed by atoms with Crippen LogP contribution in [0.4, 0.5) is 0 Å². The summed E-state index contributed by atoms with van der Waals surface area (Å²) in [5, 5.41) is 0. The predicted molar refractivity (Wildman–Crippen MR) is 55.9 cm³/mol. The van der Waals surface area contributed by atoms with Gasteiger partial charge in [0, 0.05) is 23.6 Å². The van der Waals surface area contributed by atoms with Crippen molar-refractivity contribution in [3.63, 3.8) is 0 Å². The second-order valence-corrected chi connectivity index (χ2v) is 4.91. The highest BCUT2D eigenvalue weighted by Gasteiger charge is 2.29. The molecule has 0 aliphatic heterocycles. The summed E-state index contributed by atoms with van der Waals surface area (Å²) in [6, 6.07) is 0. The van der Waals surface area contributed by atoms with Gasteiger partial charge in [-0.1, -0.05) is 15.9 Å². The first-order valence-corrected chi connectivity index (χ1v) is 5.59. The average molecular weight is 241 g/mol. The Kier molecular flexibility index (Phi) is 2.63. The lowest BCUT2D eigenvalue weighted by Crippen LogP contribution is -2.08. The Balaban J connectivity index is 1.96. The summed E-state index contributed by atoms with van der Waals surface area (Å²) in [5.41, 5.74) is 1.13. The Morgan fingerprint density at radius 3 is 2.62 bits per heavy atom. The van der Waals surface area contributed by atoms with Crippen LogP contribution in [0.3, 0.4) is 0 Å². The topological polar surface area (TPSA) is 25.8 Å². The Bertz CT molecular complexity index is 279. The molecule has 0 amide bonds. The predicted octanol–water partition coefficient (Wildman–Crippen LogP) is 2.50. The highest BCUT2D eigenvalue weighted by molar-refractivity contribution is 9.09. The molecule has 1 fully saturated rings. The molecular formula is C10H13BrN2. The molecule has 1 atom stereocenters. The zero-order valence-electron chi connectivity index (χ0n) is 7.70. The van der Waals surface area contributed by atoms with Crippen molar-refractivity contribution in [1.29, 1.82) is 0 Å². The van der Waals surface area contributed by atoms with Gasteiger partial charge in [0.15, 0.2) is 0 Å². The maximum Gasteiger partial charge on any atom is 0.129 e. The Labute approximate surface area is 86.9 Å². The molecule has 1 aliphatic rings. The molecule has 2 rings (SSSR count). The fraction of sp³-hybridized carbons (Fsp3) is 0.600. The third kappa shape index (κ3) is 2.50. The molecule has 70 valence electrons. The molecule has 0 bridgehead atoms. The van der Waals surface area contributed by atoms with Gasteiger partial charge >= 0.3 is 0 Å². The van der Waals surface area contributed by atoms with Gasteiger partial charge in [0.25, 0.3) is 0 Å². The third-order valence-electron chi connectivity index (χ3n) is 2.35. The molecule has 13 heavy (non-hydrogen) atoms. The summed E-state index contributed by atoms with van der Waals surface area (Å²) < 4.78 is 0. The lowest BCUT2D eigenvalue weighted by atomic mass is 10.2. The van der Waals surface area contributed by atoms with E-state index in [0.717, 1.165) is 23.7 Å². The summed E-state index contributed by atoms with van der Waals surface area (Å²) in [4.78, 5) is 9.15. The summed E-state index contributed by atoms with van der Waals surface area (Å²) in [6.07, 6.45) is 7.46. The monoisotopic (exact) mass is 240 g/mol. The normalized spacial score (nSPS) is 18.6. The Morgan fingerprint density at radius 1 is 1.46 bits per heavy atom. The van der Waals surface area contributed by atoms with E-state index in [2.05, 4.69) is 25.9 Å². The molecule has 1 unspecified atom stereocenters. The van der Waals surface area contributed by atoms with Crippen molar-refractivity contribution >= 4 is 15.9 Å². The minimum absolute atomic E-state index is 0.579. The van der Waals surface area contributed by atoms with Gasteiger partial charge in [0.1, 0.15) is 5.82 Å². The highest BCUT2D eigenvalue weighted by atomic mass is 79.9. The van der Waals surface area contributed by atoms with E-state index in [-0.39, 0.29) is 0 Å². The maximum absolute atomic E-state index is 4.29.